The minimum Gasteiger partial charge on any atom is -0.484 e. The molecule has 6 heteroatoms. The molecule has 0 amide bonds. The van der Waals surface area contributed by atoms with E-state index in [0.29, 0.717) is 16.3 Å². The summed E-state index contributed by atoms with van der Waals surface area (Å²) < 4.78 is 21.0. The van der Waals surface area contributed by atoms with Gasteiger partial charge in [0.25, 0.3) is 0 Å². The first-order chi connectivity index (χ1) is 9.58. The summed E-state index contributed by atoms with van der Waals surface area (Å²) in [6.07, 6.45) is 0.735. The first-order valence-corrected chi connectivity index (χ1v) is 7.16. The number of ether oxygens (including phenoxy) is 1. The lowest BCUT2D eigenvalue weighted by molar-refractivity contribution is 0.278. The van der Waals surface area contributed by atoms with Crippen LogP contribution in [0.5, 0.6) is 5.75 Å². The van der Waals surface area contributed by atoms with Gasteiger partial charge in [0.2, 0.25) is 0 Å². The molecule has 108 valence electrons. The SMILES string of the molecule is CCc1nn(C)c(COc2c(F)cccc2CCl)c1Cl. The molecule has 0 aliphatic heterocycles. The van der Waals surface area contributed by atoms with Gasteiger partial charge < -0.3 is 4.74 Å². The van der Waals surface area contributed by atoms with Gasteiger partial charge in [0.05, 0.1) is 22.3 Å². The molecular weight excluding hydrogens is 302 g/mol. The molecule has 2 aromatic rings. The van der Waals surface area contributed by atoms with Gasteiger partial charge in [-0.2, -0.15) is 5.10 Å². The molecule has 20 heavy (non-hydrogen) atoms. The van der Waals surface area contributed by atoms with Crippen LogP contribution in [-0.4, -0.2) is 9.78 Å². The van der Waals surface area contributed by atoms with Crippen LogP contribution in [0.3, 0.4) is 0 Å². The molecule has 1 heterocycles. The summed E-state index contributed by atoms with van der Waals surface area (Å²) in [5, 5.41) is 4.86. The summed E-state index contributed by atoms with van der Waals surface area (Å²) in [5.41, 5.74) is 2.13. The first kappa shape index (κ1) is 15.1. The zero-order valence-electron chi connectivity index (χ0n) is 11.3. The number of rotatable bonds is 5. The lowest BCUT2D eigenvalue weighted by Crippen LogP contribution is -2.05. The Morgan fingerprint density at radius 3 is 2.75 bits per heavy atom. The van der Waals surface area contributed by atoms with Crippen LogP contribution in [-0.2, 0) is 26.0 Å². The van der Waals surface area contributed by atoms with Crippen LogP contribution >= 0.6 is 23.2 Å². The van der Waals surface area contributed by atoms with E-state index in [1.54, 1.807) is 23.9 Å². The van der Waals surface area contributed by atoms with E-state index in [0.717, 1.165) is 12.1 Å². The number of alkyl halides is 1. The van der Waals surface area contributed by atoms with E-state index in [9.17, 15) is 4.39 Å². The lowest BCUT2D eigenvalue weighted by Gasteiger charge is -2.11. The molecule has 0 spiro atoms. The molecule has 3 nitrogen and oxygen atoms in total. The smallest absolute Gasteiger partial charge is 0.165 e. The van der Waals surface area contributed by atoms with Gasteiger partial charge in [0.1, 0.15) is 6.61 Å². The average molecular weight is 317 g/mol. The van der Waals surface area contributed by atoms with Crippen molar-refractivity contribution in [3.63, 3.8) is 0 Å². The van der Waals surface area contributed by atoms with Crippen LogP contribution in [0.25, 0.3) is 0 Å². The highest BCUT2D eigenvalue weighted by atomic mass is 35.5. The topological polar surface area (TPSA) is 27.1 Å². The second-order valence-electron chi connectivity index (χ2n) is 4.33. The maximum Gasteiger partial charge on any atom is 0.165 e. The lowest BCUT2D eigenvalue weighted by atomic mass is 10.2. The van der Waals surface area contributed by atoms with Crippen molar-refractivity contribution < 1.29 is 9.13 Å². The Kier molecular flexibility index (Phi) is 4.89. The van der Waals surface area contributed by atoms with Gasteiger partial charge in [-0.25, -0.2) is 4.39 Å². The highest BCUT2D eigenvalue weighted by Gasteiger charge is 2.15. The van der Waals surface area contributed by atoms with E-state index in [2.05, 4.69) is 5.10 Å². The van der Waals surface area contributed by atoms with Crippen molar-refractivity contribution in [1.82, 2.24) is 9.78 Å². The minimum absolute atomic E-state index is 0.146. The second kappa shape index (κ2) is 6.46. The van der Waals surface area contributed by atoms with Gasteiger partial charge in [-0.1, -0.05) is 30.7 Å². The molecule has 0 fully saturated rings. The summed E-state index contributed by atoms with van der Waals surface area (Å²) in [7, 11) is 1.79. The quantitative estimate of drug-likeness (QED) is 0.777. The molecular formula is C14H15Cl2FN2O. The summed E-state index contributed by atoms with van der Waals surface area (Å²) in [6, 6.07) is 4.67. The van der Waals surface area contributed by atoms with E-state index in [1.165, 1.54) is 6.07 Å². The number of benzene rings is 1. The van der Waals surface area contributed by atoms with Crippen LogP contribution in [0.15, 0.2) is 18.2 Å². The predicted molar refractivity (Wildman–Crippen MR) is 77.9 cm³/mol. The Labute approximate surface area is 127 Å². The molecule has 0 atom stereocenters. The number of aryl methyl sites for hydroxylation is 2. The Bertz CT molecular complexity index is 613. The normalized spacial score (nSPS) is 10.8. The first-order valence-electron chi connectivity index (χ1n) is 6.24. The molecule has 0 saturated carbocycles. The van der Waals surface area contributed by atoms with E-state index >= 15 is 0 Å². The van der Waals surface area contributed by atoms with Crippen molar-refractivity contribution in [3.8, 4) is 5.75 Å². The van der Waals surface area contributed by atoms with Crippen LogP contribution < -0.4 is 4.74 Å². The summed E-state index contributed by atoms with van der Waals surface area (Å²) in [6.45, 7) is 2.12. The Morgan fingerprint density at radius 1 is 1.40 bits per heavy atom. The summed E-state index contributed by atoms with van der Waals surface area (Å²) in [5.74, 6) is -0.0816. The fourth-order valence-electron chi connectivity index (χ4n) is 1.94. The molecule has 0 aliphatic rings. The van der Waals surface area contributed by atoms with Crippen LogP contribution in [0.1, 0.15) is 23.9 Å². The highest BCUT2D eigenvalue weighted by molar-refractivity contribution is 6.31. The molecule has 0 radical (unpaired) electrons. The molecule has 1 aromatic heterocycles. The molecule has 0 bridgehead atoms. The van der Waals surface area contributed by atoms with Crippen molar-refractivity contribution >= 4 is 23.2 Å². The van der Waals surface area contributed by atoms with Gasteiger partial charge in [0, 0.05) is 12.6 Å². The third kappa shape index (κ3) is 2.91. The number of aromatic nitrogens is 2. The number of para-hydroxylation sites is 1. The number of halogens is 3. The van der Waals surface area contributed by atoms with Crippen molar-refractivity contribution in [2.45, 2.75) is 25.8 Å². The van der Waals surface area contributed by atoms with E-state index in [1.807, 2.05) is 6.92 Å². The predicted octanol–water partition coefficient (Wildman–Crippen LogP) is 4.09. The van der Waals surface area contributed by atoms with Crippen molar-refractivity contribution in [2.75, 3.05) is 0 Å². The summed E-state index contributed by atoms with van der Waals surface area (Å²) in [4.78, 5) is 0. The van der Waals surface area contributed by atoms with Crippen LogP contribution in [0.4, 0.5) is 4.39 Å². The van der Waals surface area contributed by atoms with Crippen molar-refractivity contribution in [3.05, 3.63) is 46.0 Å². The molecule has 0 N–H and O–H groups in total. The third-order valence-electron chi connectivity index (χ3n) is 3.05. The zero-order valence-corrected chi connectivity index (χ0v) is 12.8. The molecule has 0 saturated heterocycles. The Morgan fingerprint density at radius 2 is 2.15 bits per heavy atom. The molecule has 1 aromatic carbocycles. The van der Waals surface area contributed by atoms with Crippen molar-refractivity contribution in [2.24, 2.45) is 7.05 Å². The van der Waals surface area contributed by atoms with E-state index < -0.39 is 5.82 Å². The monoisotopic (exact) mass is 316 g/mol. The molecule has 2 rings (SSSR count). The highest BCUT2D eigenvalue weighted by Crippen LogP contribution is 2.27. The van der Waals surface area contributed by atoms with Crippen molar-refractivity contribution in [1.29, 1.82) is 0 Å². The fraction of sp³-hybridized carbons (Fsp3) is 0.357. The molecule has 0 unspecified atom stereocenters. The van der Waals surface area contributed by atoms with Gasteiger partial charge in [0.15, 0.2) is 11.6 Å². The average Bonchev–Trinajstić information content (AvgIpc) is 2.72. The third-order valence-corrected chi connectivity index (χ3v) is 3.77. The Hall–Kier alpha value is -1.26. The minimum atomic E-state index is -0.433. The number of hydrogen-bond donors (Lipinski definition) is 0. The zero-order chi connectivity index (χ0) is 14.7. The van der Waals surface area contributed by atoms with Crippen LogP contribution in [0.2, 0.25) is 5.02 Å². The van der Waals surface area contributed by atoms with E-state index in [4.69, 9.17) is 27.9 Å². The Balaban J connectivity index is 2.23. The van der Waals surface area contributed by atoms with Gasteiger partial charge >= 0.3 is 0 Å². The van der Waals surface area contributed by atoms with Gasteiger partial charge in [-0.05, 0) is 12.5 Å². The largest absolute Gasteiger partial charge is 0.484 e. The number of nitrogens with zero attached hydrogens (tertiary/aromatic N) is 2. The van der Waals surface area contributed by atoms with Crippen LogP contribution in [0, 0.1) is 5.82 Å². The fourth-order valence-corrected chi connectivity index (χ4v) is 2.50. The maximum absolute atomic E-state index is 13.8. The second-order valence-corrected chi connectivity index (χ2v) is 4.98. The molecule has 0 aliphatic carbocycles. The van der Waals surface area contributed by atoms with Gasteiger partial charge in [-0.15, -0.1) is 11.6 Å². The summed E-state index contributed by atoms with van der Waals surface area (Å²) >= 11 is 12.0. The maximum atomic E-state index is 13.8. The number of hydrogen-bond acceptors (Lipinski definition) is 2. The van der Waals surface area contributed by atoms with E-state index in [-0.39, 0.29) is 18.2 Å². The standard InChI is InChI=1S/C14H15Cl2FN2O/c1-3-11-13(16)12(19(2)18-11)8-20-14-9(7-15)5-4-6-10(14)17/h4-6H,3,7-8H2,1-2H3. The van der Waals surface area contributed by atoms with Gasteiger partial charge in [-0.3, -0.25) is 4.68 Å².